The lowest BCUT2D eigenvalue weighted by Gasteiger charge is -2.03. The van der Waals surface area contributed by atoms with E-state index in [1.54, 1.807) is 19.1 Å². The number of hydrogen-bond acceptors (Lipinski definition) is 5. The van der Waals surface area contributed by atoms with Crippen LogP contribution in [0.15, 0.2) is 44.7 Å². The molecule has 2 rings (SSSR count). The van der Waals surface area contributed by atoms with E-state index in [0.29, 0.717) is 9.99 Å². The summed E-state index contributed by atoms with van der Waals surface area (Å²) in [6, 6.07) is 7.54. The van der Waals surface area contributed by atoms with Crippen molar-refractivity contribution in [2.75, 3.05) is 0 Å². The van der Waals surface area contributed by atoms with Crippen LogP contribution in [-0.4, -0.2) is 16.0 Å². The molecule has 0 spiro atoms. The van der Waals surface area contributed by atoms with Gasteiger partial charge in [0.1, 0.15) is 0 Å². The first kappa shape index (κ1) is 13.2. The number of aryl methyl sites for hydroxylation is 1. The molecule has 7 heteroatoms. The largest absolute Gasteiger partial charge is 0.475 e. The summed E-state index contributed by atoms with van der Waals surface area (Å²) in [5.74, 6) is -1.37. The standard InChI is InChI=1S/C12H9NO5S/c1-7-3-2-4-8(13(16)17)11(7)19-10-6-5-9(18-10)12(14)15/h2-6H,1H3,(H,14,15). The summed E-state index contributed by atoms with van der Waals surface area (Å²) in [6.07, 6.45) is 0. The summed E-state index contributed by atoms with van der Waals surface area (Å²) in [5, 5.41) is 20.0. The number of hydrogen-bond donors (Lipinski definition) is 1. The second kappa shape index (κ2) is 5.15. The number of nitro groups is 1. The number of carboxylic acids is 1. The minimum absolute atomic E-state index is 0.0294. The van der Waals surface area contributed by atoms with Crippen molar-refractivity contribution in [1.29, 1.82) is 0 Å². The average Bonchev–Trinajstić information content (AvgIpc) is 2.80. The van der Waals surface area contributed by atoms with Crippen molar-refractivity contribution in [3.8, 4) is 0 Å². The van der Waals surface area contributed by atoms with E-state index >= 15 is 0 Å². The number of rotatable bonds is 4. The predicted octanol–water partition coefficient (Wildman–Crippen LogP) is 3.35. The normalized spacial score (nSPS) is 10.4. The van der Waals surface area contributed by atoms with Crippen LogP contribution in [0, 0.1) is 17.0 Å². The lowest BCUT2D eigenvalue weighted by molar-refractivity contribution is -0.387. The van der Waals surface area contributed by atoms with Gasteiger partial charge in [-0.3, -0.25) is 10.1 Å². The molecule has 1 aromatic carbocycles. The summed E-state index contributed by atoms with van der Waals surface area (Å²) >= 11 is 1.04. The van der Waals surface area contributed by atoms with Crippen LogP contribution in [0.4, 0.5) is 5.69 Å². The van der Waals surface area contributed by atoms with Crippen molar-refractivity contribution in [1.82, 2.24) is 0 Å². The van der Waals surface area contributed by atoms with Crippen molar-refractivity contribution in [2.24, 2.45) is 0 Å². The molecular weight excluding hydrogens is 270 g/mol. The minimum Gasteiger partial charge on any atom is -0.475 e. The molecule has 98 valence electrons. The third kappa shape index (κ3) is 2.76. The van der Waals surface area contributed by atoms with Crippen molar-refractivity contribution >= 4 is 23.4 Å². The second-order valence-corrected chi connectivity index (χ2v) is 4.72. The van der Waals surface area contributed by atoms with Crippen molar-refractivity contribution in [3.05, 3.63) is 51.8 Å². The van der Waals surface area contributed by atoms with Gasteiger partial charge in [0.2, 0.25) is 5.76 Å². The Bertz CT molecular complexity index is 649. The first-order valence-electron chi connectivity index (χ1n) is 5.24. The van der Waals surface area contributed by atoms with Crippen molar-refractivity contribution in [3.63, 3.8) is 0 Å². The highest BCUT2D eigenvalue weighted by Gasteiger charge is 2.19. The molecule has 6 nitrogen and oxygen atoms in total. The Morgan fingerprint density at radius 1 is 1.37 bits per heavy atom. The van der Waals surface area contributed by atoms with E-state index in [0.717, 1.165) is 17.3 Å². The highest BCUT2D eigenvalue weighted by atomic mass is 32.2. The number of aromatic carboxylic acids is 1. The quantitative estimate of drug-likeness (QED) is 0.681. The van der Waals surface area contributed by atoms with E-state index in [9.17, 15) is 14.9 Å². The fourth-order valence-electron chi connectivity index (χ4n) is 1.50. The van der Waals surface area contributed by atoms with Gasteiger partial charge in [-0.05, 0) is 36.4 Å². The molecule has 0 saturated heterocycles. The zero-order valence-corrected chi connectivity index (χ0v) is 10.6. The van der Waals surface area contributed by atoms with Crippen LogP contribution in [0.3, 0.4) is 0 Å². The molecule has 0 amide bonds. The Labute approximate surface area is 112 Å². The minimum atomic E-state index is -1.17. The van der Waals surface area contributed by atoms with Gasteiger partial charge >= 0.3 is 5.97 Å². The SMILES string of the molecule is Cc1cccc([N+](=O)[O-])c1Sc1ccc(C(=O)O)o1. The summed E-state index contributed by atoms with van der Waals surface area (Å²) in [4.78, 5) is 21.6. The third-order valence-corrected chi connectivity index (χ3v) is 3.54. The Kier molecular flexibility index (Phi) is 3.57. The van der Waals surface area contributed by atoms with Crippen LogP contribution in [0.2, 0.25) is 0 Å². The topological polar surface area (TPSA) is 93.6 Å². The van der Waals surface area contributed by atoms with Gasteiger partial charge in [0, 0.05) is 6.07 Å². The van der Waals surface area contributed by atoms with Gasteiger partial charge in [-0.25, -0.2) is 4.79 Å². The molecule has 0 unspecified atom stereocenters. The zero-order chi connectivity index (χ0) is 14.0. The first-order valence-corrected chi connectivity index (χ1v) is 6.05. The lowest BCUT2D eigenvalue weighted by atomic mass is 10.2. The number of carbonyl (C=O) groups is 1. The Balaban J connectivity index is 2.37. The molecule has 0 atom stereocenters. The van der Waals surface area contributed by atoms with E-state index in [4.69, 9.17) is 9.52 Å². The molecule has 1 N–H and O–H groups in total. The maximum absolute atomic E-state index is 10.9. The Morgan fingerprint density at radius 3 is 2.68 bits per heavy atom. The lowest BCUT2D eigenvalue weighted by Crippen LogP contribution is -1.93. The van der Waals surface area contributed by atoms with Crippen LogP contribution < -0.4 is 0 Å². The average molecular weight is 279 g/mol. The molecule has 0 saturated carbocycles. The molecule has 1 aromatic heterocycles. The fraction of sp³-hybridized carbons (Fsp3) is 0.0833. The van der Waals surface area contributed by atoms with E-state index < -0.39 is 10.9 Å². The number of nitrogens with zero attached hydrogens (tertiary/aromatic N) is 1. The van der Waals surface area contributed by atoms with Crippen molar-refractivity contribution < 1.29 is 19.2 Å². The molecular formula is C12H9NO5S. The molecule has 2 aromatic rings. The highest BCUT2D eigenvalue weighted by Crippen LogP contribution is 2.37. The van der Waals surface area contributed by atoms with Gasteiger partial charge in [0.15, 0.2) is 5.09 Å². The molecule has 0 aliphatic carbocycles. The number of nitro benzene ring substituents is 1. The van der Waals surface area contributed by atoms with Gasteiger partial charge in [-0.15, -0.1) is 0 Å². The number of carboxylic acid groups (broad SMARTS) is 1. The van der Waals surface area contributed by atoms with E-state index in [2.05, 4.69) is 0 Å². The van der Waals surface area contributed by atoms with Crippen LogP contribution in [0.1, 0.15) is 16.1 Å². The second-order valence-electron chi connectivity index (χ2n) is 3.71. The Morgan fingerprint density at radius 2 is 2.11 bits per heavy atom. The Hall–Kier alpha value is -2.28. The first-order chi connectivity index (χ1) is 8.99. The third-order valence-electron chi connectivity index (χ3n) is 2.38. The van der Waals surface area contributed by atoms with E-state index in [1.807, 2.05) is 0 Å². The smallest absolute Gasteiger partial charge is 0.371 e. The maximum atomic E-state index is 10.9. The highest BCUT2D eigenvalue weighted by molar-refractivity contribution is 7.99. The molecule has 1 heterocycles. The summed E-state index contributed by atoms with van der Waals surface area (Å²) in [7, 11) is 0. The molecule has 0 aliphatic heterocycles. The molecule has 0 bridgehead atoms. The van der Waals surface area contributed by atoms with Crippen LogP contribution >= 0.6 is 11.8 Å². The monoisotopic (exact) mass is 279 g/mol. The summed E-state index contributed by atoms with van der Waals surface area (Å²) in [6.45, 7) is 1.75. The molecule has 19 heavy (non-hydrogen) atoms. The number of benzene rings is 1. The van der Waals surface area contributed by atoms with Gasteiger partial charge < -0.3 is 9.52 Å². The maximum Gasteiger partial charge on any atom is 0.371 e. The predicted molar refractivity (Wildman–Crippen MR) is 67.6 cm³/mol. The van der Waals surface area contributed by atoms with Gasteiger partial charge in [0.25, 0.3) is 5.69 Å². The molecule has 0 radical (unpaired) electrons. The van der Waals surface area contributed by atoms with Crippen LogP contribution in [0.5, 0.6) is 0 Å². The summed E-state index contributed by atoms with van der Waals surface area (Å²) < 4.78 is 5.08. The van der Waals surface area contributed by atoms with Gasteiger partial charge in [0.05, 0.1) is 9.82 Å². The summed E-state index contributed by atoms with van der Waals surface area (Å²) in [5.41, 5.74) is 0.700. The van der Waals surface area contributed by atoms with Gasteiger partial charge in [-0.2, -0.15) is 0 Å². The van der Waals surface area contributed by atoms with E-state index in [1.165, 1.54) is 18.2 Å². The van der Waals surface area contributed by atoms with Gasteiger partial charge in [-0.1, -0.05) is 12.1 Å². The number of furan rings is 1. The van der Waals surface area contributed by atoms with Crippen molar-refractivity contribution in [2.45, 2.75) is 16.9 Å². The van der Waals surface area contributed by atoms with Crippen LogP contribution in [-0.2, 0) is 0 Å². The molecule has 0 fully saturated rings. The zero-order valence-electron chi connectivity index (χ0n) is 9.82. The van der Waals surface area contributed by atoms with Crippen LogP contribution in [0.25, 0.3) is 0 Å². The fourth-order valence-corrected chi connectivity index (χ4v) is 2.45. The molecule has 0 aliphatic rings. The van der Waals surface area contributed by atoms with E-state index in [-0.39, 0.29) is 11.4 Å².